The van der Waals surface area contributed by atoms with Gasteiger partial charge in [0.2, 0.25) is 5.88 Å². The first-order valence-corrected chi connectivity index (χ1v) is 5.02. The van der Waals surface area contributed by atoms with Gasteiger partial charge in [-0.15, -0.1) is 0 Å². The smallest absolute Gasteiger partial charge is 0.422 e. The fraction of sp³-hybridized carbons (Fsp3) is 0.500. The van der Waals surface area contributed by atoms with Gasteiger partial charge in [-0.25, -0.2) is 4.98 Å². The average Bonchev–Trinajstić information content (AvgIpc) is 2.14. The molecular formula is C10H11ClF3NO. The molecule has 0 N–H and O–H groups in total. The van der Waals surface area contributed by atoms with E-state index in [1.54, 1.807) is 6.07 Å². The van der Waals surface area contributed by atoms with Crippen LogP contribution < -0.4 is 4.74 Å². The molecule has 6 heteroatoms. The van der Waals surface area contributed by atoms with E-state index in [2.05, 4.69) is 9.72 Å². The largest absolute Gasteiger partial charge is 0.467 e. The maximum atomic E-state index is 11.9. The van der Waals surface area contributed by atoms with Crippen LogP contribution >= 0.6 is 11.6 Å². The summed E-state index contributed by atoms with van der Waals surface area (Å²) < 4.78 is 40.1. The number of alkyl halides is 3. The summed E-state index contributed by atoms with van der Waals surface area (Å²) in [5, 5.41) is 0.0930. The lowest BCUT2D eigenvalue weighted by Crippen LogP contribution is -2.19. The maximum absolute atomic E-state index is 11.9. The third-order valence-electron chi connectivity index (χ3n) is 1.87. The topological polar surface area (TPSA) is 22.1 Å². The third kappa shape index (κ3) is 3.89. The van der Waals surface area contributed by atoms with Gasteiger partial charge in [-0.3, -0.25) is 0 Å². The molecule has 0 aliphatic carbocycles. The van der Waals surface area contributed by atoms with Crippen molar-refractivity contribution in [1.29, 1.82) is 0 Å². The minimum absolute atomic E-state index is 0.0930. The van der Waals surface area contributed by atoms with Crippen LogP contribution in [-0.2, 0) is 0 Å². The van der Waals surface area contributed by atoms with Gasteiger partial charge in [0.15, 0.2) is 6.61 Å². The predicted molar refractivity (Wildman–Crippen MR) is 54.9 cm³/mol. The first kappa shape index (κ1) is 13.1. The van der Waals surface area contributed by atoms with Crippen LogP contribution in [0, 0.1) is 0 Å². The molecule has 1 aromatic rings. The molecular weight excluding hydrogens is 243 g/mol. The molecule has 0 spiro atoms. The van der Waals surface area contributed by atoms with E-state index >= 15 is 0 Å². The molecule has 0 saturated heterocycles. The van der Waals surface area contributed by atoms with Crippen LogP contribution in [0.4, 0.5) is 13.2 Å². The normalized spacial score (nSPS) is 11.9. The Balaban J connectivity index is 2.76. The summed E-state index contributed by atoms with van der Waals surface area (Å²) in [7, 11) is 0. The van der Waals surface area contributed by atoms with Crippen LogP contribution in [0.5, 0.6) is 5.88 Å². The predicted octanol–water partition coefficient (Wildman–Crippen LogP) is 3.80. The quantitative estimate of drug-likeness (QED) is 0.817. The van der Waals surface area contributed by atoms with Gasteiger partial charge in [0, 0.05) is 6.20 Å². The zero-order chi connectivity index (χ0) is 12.3. The molecule has 0 aliphatic rings. The molecule has 0 radical (unpaired) electrons. The summed E-state index contributed by atoms with van der Waals surface area (Å²) in [6.45, 7) is 2.48. The number of ether oxygens (including phenoxy) is 1. The average molecular weight is 254 g/mol. The minimum atomic E-state index is -4.39. The molecule has 0 unspecified atom stereocenters. The highest BCUT2D eigenvalue weighted by molar-refractivity contribution is 6.31. The molecule has 0 amide bonds. The van der Waals surface area contributed by atoms with Gasteiger partial charge in [-0.05, 0) is 17.5 Å². The lowest BCUT2D eigenvalue weighted by molar-refractivity contribution is -0.154. The molecule has 1 aromatic heterocycles. The Bertz CT molecular complexity index is 366. The Morgan fingerprint density at radius 2 is 2.06 bits per heavy atom. The fourth-order valence-corrected chi connectivity index (χ4v) is 1.24. The molecule has 0 bridgehead atoms. The van der Waals surface area contributed by atoms with Gasteiger partial charge in [-0.2, -0.15) is 13.2 Å². The van der Waals surface area contributed by atoms with E-state index in [1.807, 2.05) is 13.8 Å². The molecule has 1 rings (SSSR count). The number of halogens is 4. The molecule has 0 aliphatic heterocycles. The van der Waals surface area contributed by atoms with Gasteiger partial charge in [-0.1, -0.05) is 25.4 Å². The second-order valence-electron chi connectivity index (χ2n) is 3.61. The molecule has 90 valence electrons. The molecule has 1 heterocycles. The van der Waals surface area contributed by atoms with Crippen molar-refractivity contribution >= 4 is 11.6 Å². The summed E-state index contributed by atoms with van der Waals surface area (Å²) in [6, 6.07) is 1.56. The first-order chi connectivity index (χ1) is 7.29. The Kier molecular flexibility index (Phi) is 4.02. The van der Waals surface area contributed by atoms with Crippen LogP contribution in [0.1, 0.15) is 25.3 Å². The second kappa shape index (κ2) is 4.91. The van der Waals surface area contributed by atoms with Gasteiger partial charge in [0.1, 0.15) is 5.02 Å². The van der Waals surface area contributed by atoms with Crippen molar-refractivity contribution in [2.45, 2.75) is 25.9 Å². The highest BCUT2D eigenvalue weighted by Crippen LogP contribution is 2.27. The summed E-state index contributed by atoms with van der Waals surface area (Å²) in [4.78, 5) is 3.75. The number of hydrogen-bond donors (Lipinski definition) is 0. The number of pyridine rings is 1. The Morgan fingerprint density at radius 3 is 2.50 bits per heavy atom. The van der Waals surface area contributed by atoms with Crippen LogP contribution in [0.15, 0.2) is 12.3 Å². The van der Waals surface area contributed by atoms with Crippen molar-refractivity contribution in [2.75, 3.05) is 6.61 Å². The first-order valence-electron chi connectivity index (χ1n) is 4.64. The summed E-state index contributed by atoms with van der Waals surface area (Å²) in [5.41, 5.74) is 0.851. The van der Waals surface area contributed by atoms with Crippen molar-refractivity contribution in [2.24, 2.45) is 0 Å². The lowest BCUT2D eigenvalue weighted by atomic mass is 10.1. The number of aromatic nitrogens is 1. The highest BCUT2D eigenvalue weighted by atomic mass is 35.5. The molecule has 0 atom stereocenters. The van der Waals surface area contributed by atoms with E-state index in [1.165, 1.54) is 6.20 Å². The zero-order valence-electron chi connectivity index (χ0n) is 8.81. The van der Waals surface area contributed by atoms with Crippen LogP contribution in [0.2, 0.25) is 5.02 Å². The van der Waals surface area contributed by atoms with Crippen molar-refractivity contribution < 1.29 is 17.9 Å². The highest BCUT2D eigenvalue weighted by Gasteiger charge is 2.29. The van der Waals surface area contributed by atoms with E-state index < -0.39 is 12.8 Å². The van der Waals surface area contributed by atoms with Crippen molar-refractivity contribution in [3.8, 4) is 5.88 Å². The van der Waals surface area contributed by atoms with Crippen LogP contribution in [-0.4, -0.2) is 17.8 Å². The van der Waals surface area contributed by atoms with Crippen LogP contribution in [0.3, 0.4) is 0 Å². The summed E-state index contributed by atoms with van der Waals surface area (Å²) in [5.74, 6) is 0.0186. The number of hydrogen-bond acceptors (Lipinski definition) is 2. The summed E-state index contributed by atoms with van der Waals surface area (Å²) in [6.07, 6.45) is -2.93. The van der Waals surface area contributed by atoms with E-state index in [9.17, 15) is 13.2 Å². The van der Waals surface area contributed by atoms with E-state index in [0.29, 0.717) is 0 Å². The number of rotatable bonds is 3. The Hall–Kier alpha value is -0.970. The fourth-order valence-electron chi connectivity index (χ4n) is 1.01. The monoisotopic (exact) mass is 253 g/mol. The Labute approximate surface area is 96.4 Å². The van der Waals surface area contributed by atoms with Gasteiger partial charge in [0.05, 0.1) is 0 Å². The van der Waals surface area contributed by atoms with Crippen molar-refractivity contribution in [1.82, 2.24) is 4.98 Å². The molecule has 2 nitrogen and oxygen atoms in total. The molecule has 0 aromatic carbocycles. The van der Waals surface area contributed by atoms with E-state index in [-0.39, 0.29) is 16.8 Å². The van der Waals surface area contributed by atoms with E-state index in [0.717, 1.165) is 5.56 Å². The van der Waals surface area contributed by atoms with Crippen molar-refractivity contribution in [3.05, 3.63) is 22.8 Å². The molecule has 16 heavy (non-hydrogen) atoms. The maximum Gasteiger partial charge on any atom is 0.422 e. The summed E-state index contributed by atoms with van der Waals surface area (Å²) >= 11 is 5.75. The van der Waals surface area contributed by atoms with Gasteiger partial charge >= 0.3 is 6.18 Å². The van der Waals surface area contributed by atoms with Gasteiger partial charge < -0.3 is 4.74 Å². The van der Waals surface area contributed by atoms with Gasteiger partial charge in [0.25, 0.3) is 0 Å². The SMILES string of the molecule is CC(C)c1cnc(OCC(F)(F)F)c(Cl)c1. The standard InChI is InChI=1S/C10H11ClF3NO/c1-6(2)7-3-8(11)9(15-4-7)16-5-10(12,13)14/h3-4,6H,5H2,1-2H3. The Morgan fingerprint density at radius 1 is 1.44 bits per heavy atom. The van der Waals surface area contributed by atoms with Crippen LogP contribution in [0.25, 0.3) is 0 Å². The van der Waals surface area contributed by atoms with E-state index in [4.69, 9.17) is 11.6 Å². The van der Waals surface area contributed by atoms with Crippen molar-refractivity contribution in [3.63, 3.8) is 0 Å². The molecule has 0 saturated carbocycles. The third-order valence-corrected chi connectivity index (χ3v) is 2.14. The zero-order valence-corrected chi connectivity index (χ0v) is 9.56. The minimum Gasteiger partial charge on any atom is -0.467 e. The second-order valence-corrected chi connectivity index (χ2v) is 4.02. The lowest BCUT2D eigenvalue weighted by Gasteiger charge is -2.11. The molecule has 0 fully saturated rings. The number of nitrogens with zero attached hydrogens (tertiary/aromatic N) is 1.